The van der Waals surface area contributed by atoms with Gasteiger partial charge in [0.25, 0.3) is 0 Å². The normalized spacial score (nSPS) is 20.1. The standard InChI is InChI=1S/C12H17ClN4O2/c1-2-9-4-3-6-16(7-5-9)12-10(17(18)19)11(13)14-8-15-12/h8-9H,2-7H2,1H3. The van der Waals surface area contributed by atoms with E-state index in [2.05, 4.69) is 16.9 Å². The van der Waals surface area contributed by atoms with Gasteiger partial charge in [-0.15, -0.1) is 0 Å². The monoisotopic (exact) mass is 284 g/mol. The fourth-order valence-electron chi connectivity index (χ4n) is 2.52. The summed E-state index contributed by atoms with van der Waals surface area (Å²) in [4.78, 5) is 20.3. The molecule has 19 heavy (non-hydrogen) atoms. The highest BCUT2D eigenvalue weighted by Gasteiger charge is 2.27. The third kappa shape index (κ3) is 3.12. The van der Waals surface area contributed by atoms with Crippen molar-refractivity contribution in [2.75, 3.05) is 18.0 Å². The van der Waals surface area contributed by atoms with Gasteiger partial charge in [0.2, 0.25) is 11.0 Å². The average molecular weight is 285 g/mol. The van der Waals surface area contributed by atoms with E-state index in [1.807, 2.05) is 4.90 Å². The van der Waals surface area contributed by atoms with E-state index in [1.54, 1.807) is 0 Å². The molecule has 0 amide bonds. The lowest BCUT2D eigenvalue weighted by Crippen LogP contribution is -2.26. The fraction of sp³-hybridized carbons (Fsp3) is 0.667. The van der Waals surface area contributed by atoms with Crippen LogP contribution in [0.25, 0.3) is 0 Å². The Morgan fingerprint density at radius 2 is 2.26 bits per heavy atom. The lowest BCUT2D eigenvalue weighted by molar-refractivity contribution is -0.384. The molecule has 1 aromatic heterocycles. The van der Waals surface area contributed by atoms with Crippen molar-refractivity contribution in [1.29, 1.82) is 0 Å². The molecule has 1 aromatic rings. The summed E-state index contributed by atoms with van der Waals surface area (Å²) < 4.78 is 0. The van der Waals surface area contributed by atoms with Gasteiger partial charge in [-0.05, 0) is 25.2 Å². The first kappa shape index (κ1) is 14.0. The summed E-state index contributed by atoms with van der Waals surface area (Å²) in [6.07, 6.45) is 5.67. The Morgan fingerprint density at radius 1 is 1.47 bits per heavy atom. The summed E-state index contributed by atoms with van der Waals surface area (Å²) in [6, 6.07) is 0. The van der Waals surface area contributed by atoms with Crippen LogP contribution in [0.15, 0.2) is 6.33 Å². The molecule has 0 aliphatic carbocycles. The van der Waals surface area contributed by atoms with Gasteiger partial charge in [-0.2, -0.15) is 0 Å². The summed E-state index contributed by atoms with van der Waals surface area (Å²) in [5.41, 5.74) is -0.181. The van der Waals surface area contributed by atoms with Gasteiger partial charge < -0.3 is 4.90 Å². The van der Waals surface area contributed by atoms with E-state index >= 15 is 0 Å². The molecule has 2 rings (SSSR count). The number of aromatic nitrogens is 2. The van der Waals surface area contributed by atoms with Gasteiger partial charge in [0.1, 0.15) is 6.33 Å². The highest BCUT2D eigenvalue weighted by molar-refractivity contribution is 6.31. The van der Waals surface area contributed by atoms with Crippen molar-refractivity contribution in [2.45, 2.75) is 32.6 Å². The van der Waals surface area contributed by atoms with E-state index in [1.165, 1.54) is 12.7 Å². The van der Waals surface area contributed by atoms with E-state index in [-0.39, 0.29) is 10.8 Å². The first-order valence-corrected chi connectivity index (χ1v) is 6.91. The molecule has 1 aliphatic rings. The SMILES string of the molecule is CCC1CCCN(c2ncnc(Cl)c2[N+](=O)[O-])CC1. The predicted octanol–water partition coefficient (Wildman–Crippen LogP) is 3.05. The van der Waals surface area contributed by atoms with Crippen molar-refractivity contribution >= 4 is 23.1 Å². The molecular weight excluding hydrogens is 268 g/mol. The van der Waals surface area contributed by atoms with Crippen LogP contribution in [-0.4, -0.2) is 28.0 Å². The number of hydrogen-bond donors (Lipinski definition) is 0. The van der Waals surface area contributed by atoms with Gasteiger partial charge in [0, 0.05) is 13.1 Å². The minimum atomic E-state index is -0.500. The number of nitro groups is 1. The largest absolute Gasteiger partial charge is 0.351 e. The van der Waals surface area contributed by atoms with Crippen LogP contribution >= 0.6 is 11.6 Å². The van der Waals surface area contributed by atoms with Crippen LogP contribution in [0.3, 0.4) is 0 Å². The van der Waals surface area contributed by atoms with Crippen molar-refractivity contribution in [3.05, 3.63) is 21.6 Å². The summed E-state index contributed by atoms with van der Waals surface area (Å²) in [7, 11) is 0. The molecule has 1 fully saturated rings. The molecule has 1 saturated heterocycles. The molecule has 6 nitrogen and oxygen atoms in total. The van der Waals surface area contributed by atoms with Gasteiger partial charge in [0.05, 0.1) is 4.92 Å². The summed E-state index contributed by atoms with van der Waals surface area (Å²) in [5.74, 6) is 1.04. The van der Waals surface area contributed by atoms with Crippen LogP contribution in [-0.2, 0) is 0 Å². The number of halogens is 1. The zero-order valence-corrected chi connectivity index (χ0v) is 11.6. The van der Waals surface area contributed by atoms with Gasteiger partial charge in [-0.25, -0.2) is 9.97 Å². The van der Waals surface area contributed by atoms with Crippen LogP contribution in [0.4, 0.5) is 11.5 Å². The van der Waals surface area contributed by atoms with Crippen molar-refractivity contribution in [1.82, 2.24) is 9.97 Å². The van der Waals surface area contributed by atoms with E-state index in [0.717, 1.165) is 32.4 Å². The molecule has 7 heteroatoms. The maximum absolute atomic E-state index is 11.1. The predicted molar refractivity (Wildman–Crippen MR) is 73.5 cm³/mol. The Labute approximate surface area is 117 Å². The molecule has 0 N–H and O–H groups in total. The van der Waals surface area contributed by atoms with E-state index in [0.29, 0.717) is 11.7 Å². The zero-order valence-electron chi connectivity index (χ0n) is 10.9. The molecule has 0 spiro atoms. The summed E-state index contributed by atoms with van der Waals surface area (Å²) in [5, 5.41) is 11.0. The molecular formula is C12H17ClN4O2. The summed E-state index contributed by atoms with van der Waals surface area (Å²) >= 11 is 5.82. The molecule has 0 aromatic carbocycles. The maximum atomic E-state index is 11.1. The highest BCUT2D eigenvalue weighted by Crippen LogP contribution is 2.33. The van der Waals surface area contributed by atoms with Crippen LogP contribution < -0.4 is 4.90 Å². The smallest absolute Gasteiger partial charge is 0.348 e. The molecule has 0 saturated carbocycles. The minimum Gasteiger partial charge on any atom is -0.351 e. The molecule has 0 radical (unpaired) electrons. The molecule has 1 aliphatic heterocycles. The number of anilines is 1. The van der Waals surface area contributed by atoms with Gasteiger partial charge >= 0.3 is 5.69 Å². The second kappa shape index (κ2) is 6.14. The lowest BCUT2D eigenvalue weighted by atomic mass is 9.98. The minimum absolute atomic E-state index is 0.0914. The molecule has 0 bridgehead atoms. The molecule has 1 unspecified atom stereocenters. The Morgan fingerprint density at radius 3 is 2.95 bits per heavy atom. The van der Waals surface area contributed by atoms with Crippen molar-refractivity contribution in [3.63, 3.8) is 0 Å². The maximum Gasteiger partial charge on any atom is 0.348 e. The highest BCUT2D eigenvalue weighted by atomic mass is 35.5. The first-order valence-electron chi connectivity index (χ1n) is 6.53. The topological polar surface area (TPSA) is 72.2 Å². The average Bonchev–Trinajstić information content (AvgIpc) is 2.63. The molecule has 104 valence electrons. The second-order valence-electron chi connectivity index (χ2n) is 4.79. The molecule has 2 heterocycles. The van der Waals surface area contributed by atoms with Crippen LogP contribution in [0.5, 0.6) is 0 Å². The van der Waals surface area contributed by atoms with Crippen molar-refractivity contribution < 1.29 is 4.92 Å². The van der Waals surface area contributed by atoms with Crippen molar-refractivity contribution in [3.8, 4) is 0 Å². The van der Waals surface area contributed by atoms with Crippen LogP contribution in [0.1, 0.15) is 32.6 Å². The number of hydrogen-bond acceptors (Lipinski definition) is 5. The second-order valence-corrected chi connectivity index (χ2v) is 5.14. The van der Waals surface area contributed by atoms with E-state index in [4.69, 9.17) is 11.6 Å². The number of nitrogens with zero attached hydrogens (tertiary/aromatic N) is 4. The third-order valence-electron chi connectivity index (χ3n) is 3.67. The first-order chi connectivity index (χ1) is 9.13. The Hall–Kier alpha value is -1.43. The van der Waals surface area contributed by atoms with E-state index < -0.39 is 4.92 Å². The van der Waals surface area contributed by atoms with Crippen LogP contribution in [0, 0.1) is 16.0 Å². The lowest BCUT2D eigenvalue weighted by Gasteiger charge is -2.21. The fourth-order valence-corrected chi connectivity index (χ4v) is 2.72. The van der Waals surface area contributed by atoms with E-state index in [9.17, 15) is 10.1 Å². The third-order valence-corrected chi connectivity index (χ3v) is 3.94. The Bertz CT molecular complexity index is 469. The molecule has 1 atom stereocenters. The van der Waals surface area contributed by atoms with Gasteiger partial charge in [0.15, 0.2) is 0 Å². The Kier molecular flexibility index (Phi) is 4.52. The van der Waals surface area contributed by atoms with Gasteiger partial charge in [-0.3, -0.25) is 10.1 Å². The number of rotatable bonds is 3. The Balaban J connectivity index is 2.26. The zero-order chi connectivity index (χ0) is 13.8. The quantitative estimate of drug-likeness (QED) is 0.484. The van der Waals surface area contributed by atoms with Crippen molar-refractivity contribution in [2.24, 2.45) is 5.92 Å². The van der Waals surface area contributed by atoms with Crippen LogP contribution in [0.2, 0.25) is 5.15 Å². The summed E-state index contributed by atoms with van der Waals surface area (Å²) in [6.45, 7) is 3.75. The van der Waals surface area contributed by atoms with Gasteiger partial charge in [-0.1, -0.05) is 24.9 Å².